The first-order chi connectivity index (χ1) is 13.5. The van der Waals surface area contributed by atoms with Gasteiger partial charge in [-0.15, -0.1) is 0 Å². The number of nitrogens with one attached hydrogen (secondary N) is 2. The molecule has 0 spiro atoms. The smallest absolute Gasteiger partial charge is 0.414 e. The highest BCUT2D eigenvalue weighted by Gasteiger charge is 2.24. The molecule has 3 amide bonds. The Morgan fingerprint density at radius 2 is 2.07 bits per heavy atom. The van der Waals surface area contributed by atoms with Gasteiger partial charge in [0.15, 0.2) is 6.61 Å². The number of benzene rings is 2. The van der Waals surface area contributed by atoms with Crippen molar-refractivity contribution < 1.29 is 23.9 Å². The quantitative estimate of drug-likeness (QED) is 0.820. The normalized spacial score (nSPS) is 15.4. The van der Waals surface area contributed by atoms with Gasteiger partial charge in [-0.3, -0.25) is 14.5 Å². The third-order valence-corrected chi connectivity index (χ3v) is 4.70. The average molecular weight is 402 g/mol. The van der Waals surface area contributed by atoms with Crippen LogP contribution in [0.3, 0.4) is 0 Å². The lowest BCUT2D eigenvalue weighted by molar-refractivity contribution is -0.118. The van der Waals surface area contributed by atoms with Crippen molar-refractivity contribution in [3.63, 3.8) is 0 Å². The predicted molar refractivity (Wildman–Crippen MR) is 102 cm³/mol. The van der Waals surface area contributed by atoms with Gasteiger partial charge in [-0.1, -0.05) is 23.7 Å². The Balaban J connectivity index is 1.46. The van der Waals surface area contributed by atoms with Crippen molar-refractivity contribution in [1.29, 1.82) is 0 Å². The summed E-state index contributed by atoms with van der Waals surface area (Å²) in [6.07, 6.45) is -0.380. The molecular weight excluding hydrogens is 386 g/mol. The fourth-order valence-corrected chi connectivity index (χ4v) is 3.26. The molecule has 0 saturated carbocycles. The number of halogens is 1. The highest BCUT2D eigenvalue weighted by atomic mass is 35.5. The van der Waals surface area contributed by atoms with E-state index in [0.717, 1.165) is 5.56 Å². The number of hydrogen-bond acceptors (Lipinski definition) is 5. The number of nitrogens with zero attached hydrogens (tertiary/aromatic N) is 1. The molecule has 2 N–H and O–H groups in total. The van der Waals surface area contributed by atoms with Gasteiger partial charge < -0.3 is 20.1 Å². The number of amides is 3. The van der Waals surface area contributed by atoms with Crippen LogP contribution < -0.4 is 20.3 Å². The van der Waals surface area contributed by atoms with E-state index < -0.39 is 0 Å². The van der Waals surface area contributed by atoms with Crippen molar-refractivity contribution in [2.24, 2.45) is 0 Å². The molecule has 0 bridgehead atoms. The van der Waals surface area contributed by atoms with Crippen molar-refractivity contribution >= 4 is 40.9 Å². The zero-order valence-electron chi connectivity index (χ0n) is 14.7. The molecule has 2 aliphatic rings. The fraction of sp³-hybridized carbons (Fsp3) is 0.211. The summed E-state index contributed by atoms with van der Waals surface area (Å²) in [6, 6.07) is 10.3. The molecule has 28 heavy (non-hydrogen) atoms. The molecule has 2 aromatic carbocycles. The second-order valence-electron chi connectivity index (χ2n) is 6.28. The topological polar surface area (TPSA) is 97.0 Å². The van der Waals surface area contributed by atoms with Gasteiger partial charge in [0.2, 0.25) is 0 Å². The third kappa shape index (κ3) is 3.59. The van der Waals surface area contributed by atoms with E-state index >= 15 is 0 Å². The summed E-state index contributed by atoms with van der Waals surface area (Å²) in [5.74, 6) is -0.259. The summed E-state index contributed by atoms with van der Waals surface area (Å²) < 4.78 is 10.3. The van der Waals surface area contributed by atoms with Crippen LogP contribution in [0.1, 0.15) is 15.9 Å². The molecule has 0 radical (unpaired) electrons. The maximum Gasteiger partial charge on any atom is 0.414 e. The zero-order valence-corrected chi connectivity index (χ0v) is 15.4. The fourth-order valence-electron chi connectivity index (χ4n) is 3.01. The largest absolute Gasteiger partial charge is 0.482 e. The molecule has 9 heteroatoms. The minimum absolute atomic E-state index is 0.110. The van der Waals surface area contributed by atoms with Crippen LogP contribution >= 0.6 is 11.6 Å². The van der Waals surface area contributed by atoms with Gasteiger partial charge in [0.05, 0.1) is 22.8 Å². The van der Waals surface area contributed by atoms with Gasteiger partial charge in [0.1, 0.15) is 12.4 Å². The van der Waals surface area contributed by atoms with Crippen molar-refractivity contribution in [2.45, 2.75) is 6.54 Å². The standard InChI is InChI=1S/C19H16ClN3O5/c20-14-8-15-16(28-10-17(24)22-15)7-13(14)18(25)21-9-11-2-1-3-12(6-11)23-4-5-27-19(23)26/h1-3,6-8H,4-5,9-10H2,(H,21,25)(H,22,24). The Kier molecular flexibility index (Phi) is 4.79. The Labute approximate surface area is 165 Å². The molecule has 0 aromatic heterocycles. The van der Waals surface area contributed by atoms with Gasteiger partial charge >= 0.3 is 6.09 Å². The average Bonchev–Trinajstić information content (AvgIpc) is 3.11. The van der Waals surface area contributed by atoms with E-state index in [0.29, 0.717) is 30.3 Å². The number of cyclic esters (lactones) is 1. The molecule has 4 rings (SSSR count). The van der Waals surface area contributed by atoms with Gasteiger partial charge in [-0.25, -0.2) is 4.79 Å². The second-order valence-corrected chi connectivity index (χ2v) is 6.69. The lowest BCUT2D eigenvalue weighted by Crippen LogP contribution is -2.27. The summed E-state index contributed by atoms with van der Waals surface area (Å²) >= 11 is 6.19. The van der Waals surface area contributed by atoms with Crippen LogP contribution in [-0.2, 0) is 16.1 Å². The molecule has 0 atom stereocenters. The highest BCUT2D eigenvalue weighted by Crippen LogP contribution is 2.33. The number of anilines is 2. The van der Waals surface area contributed by atoms with Crippen molar-refractivity contribution in [3.05, 3.63) is 52.5 Å². The van der Waals surface area contributed by atoms with Crippen molar-refractivity contribution in [3.8, 4) is 5.75 Å². The Hall–Kier alpha value is -3.26. The van der Waals surface area contributed by atoms with Crippen LogP contribution in [0.2, 0.25) is 5.02 Å². The second kappa shape index (κ2) is 7.40. The molecule has 2 aromatic rings. The molecule has 1 saturated heterocycles. The van der Waals surface area contributed by atoms with Gasteiger partial charge in [-0.05, 0) is 29.8 Å². The summed E-state index contributed by atoms with van der Waals surface area (Å²) in [7, 11) is 0. The number of carbonyl (C=O) groups excluding carboxylic acids is 3. The number of hydrogen-bond donors (Lipinski definition) is 2. The molecule has 1 fully saturated rings. The van der Waals surface area contributed by atoms with Crippen LogP contribution in [0.5, 0.6) is 5.75 Å². The Morgan fingerprint density at radius 3 is 2.86 bits per heavy atom. The molecule has 0 unspecified atom stereocenters. The highest BCUT2D eigenvalue weighted by molar-refractivity contribution is 6.34. The van der Waals surface area contributed by atoms with E-state index in [4.69, 9.17) is 21.1 Å². The lowest BCUT2D eigenvalue weighted by atomic mass is 10.1. The first-order valence-corrected chi connectivity index (χ1v) is 8.97. The summed E-state index contributed by atoms with van der Waals surface area (Å²) in [5, 5.41) is 5.64. The van der Waals surface area contributed by atoms with Crippen LogP contribution in [0, 0.1) is 0 Å². The Morgan fingerprint density at radius 1 is 1.21 bits per heavy atom. The maximum absolute atomic E-state index is 12.6. The van der Waals surface area contributed by atoms with E-state index in [1.165, 1.54) is 17.0 Å². The number of rotatable bonds is 4. The van der Waals surface area contributed by atoms with Crippen LogP contribution in [-0.4, -0.2) is 37.7 Å². The minimum atomic E-state index is -0.380. The summed E-state index contributed by atoms with van der Waals surface area (Å²) in [5.41, 5.74) is 2.21. The first kappa shape index (κ1) is 18.1. The van der Waals surface area contributed by atoms with E-state index in [1.54, 1.807) is 0 Å². The van der Waals surface area contributed by atoms with Gasteiger partial charge in [0.25, 0.3) is 11.8 Å². The van der Waals surface area contributed by atoms with E-state index in [-0.39, 0.29) is 41.6 Å². The van der Waals surface area contributed by atoms with Crippen molar-refractivity contribution in [2.75, 3.05) is 30.0 Å². The van der Waals surface area contributed by atoms with Gasteiger partial charge in [-0.2, -0.15) is 0 Å². The molecule has 8 nitrogen and oxygen atoms in total. The first-order valence-electron chi connectivity index (χ1n) is 8.59. The predicted octanol–water partition coefficient (Wildman–Crippen LogP) is 2.56. The van der Waals surface area contributed by atoms with E-state index in [9.17, 15) is 14.4 Å². The number of ether oxygens (including phenoxy) is 2. The molecular formula is C19H16ClN3O5. The molecule has 2 heterocycles. The van der Waals surface area contributed by atoms with Gasteiger partial charge in [0, 0.05) is 12.2 Å². The third-order valence-electron chi connectivity index (χ3n) is 4.38. The lowest BCUT2D eigenvalue weighted by Gasteiger charge is -2.19. The van der Waals surface area contributed by atoms with Crippen molar-refractivity contribution in [1.82, 2.24) is 5.32 Å². The molecule has 2 aliphatic heterocycles. The maximum atomic E-state index is 12.6. The molecule has 0 aliphatic carbocycles. The Bertz CT molecular complexity index is 978. The monoisotopic (exact) mass is 401 g/mol. The number of carbonyl (C=O) groups is 3. The van der Waals surface area contributed by atoms with Crippen LogP contribution in [0.15, 0.2) is 36.4 Å². The summed E-state index contributed by atoms with van der Waals surface area (Å²) in [6.45, 7) is 0.997. The van der Waals surface area contributed by atoms with E-state index in [2.05, 4.69) is 10.6 Å². The van der Waals surface area contributed by atoms with Crippen LogP contribution in [0.4, 0.5) is 16.2 Å². The minimum Gasteiger partial charge on any atom is -0.482 e. The van der Waals surface area contributed by atoms with E-state index in [1.807, 2.05) is 24.3 Å². The summed E-state index contributed by atoms with van der Waals surface area (Å²) in [4.78, 5) is 37.2. The number of fused-ring (bicyclic) bond motifs is 1. The SMILES string of the molecule is O=C1COc2cc(C(=O)NCc3cccc(N4CCOC4=O)c3)c(Cl)cc2N1. The van der Waals surface area contributed by atoms with Crippen LogP contribution in [0.25, 0.3) is 0 Å². The zero-order chi connectivity index (χ0) is 19.7. The molecule has 144 valence electrons.